The molecule has 1 heterocycles. The Morgan fingerprint density at radius 2 is 1.58 bits per heavy atom. The molecular weight excluding hydrogens is 307 g/mol. The van der Waals surface area contributed by atoms with Crippen LogP contribution in [-0.2, 0) is 4.79 Å². The predicted molar refractivity (Wildman–Crippen MR) is 90.0 cm³/mol. The van der Waals surface area contributed by atoms with Gasteiger partial charge in [0.1, 0.15) is 5.82 Å². The molecule has 3 rings (SSSR count). The summed E-state index contributed by atoms with van der Waals surface area (Å²) < 4.78 is 12.9. The van der Waals surface area contributed by atoms with E-state index in [2.05, 4.69) is 5.32 Å². The third kappa shape index (κ3) is 4.13. The third-order valence-electron chi connectivity index (χ3n) is 5.20. The van der Waals surface area contributed by atoms with E-state index < -0.39 is 0 Å². The molecule has 1 saturated heterocycles. The van der Waals surface area contributed by atoms with Gasteiger partial charge in [0.25, 0.3) is 5.91 Å². The van der Waals surface area contributed by atoms with E-state index in [0.717, 1.165) is 25.7 Å². The zero-order valence-corrected chi connectivity index (χ0v) is 14.0. The lowest BCUT2D eigenvalue weighted by molar-refractivity contribution is -0.137. The van der Waals surface area contributed by atoms with Crippen LogP contribution in [0.15, 0.2) is 24.3 Å². The molecule has 4 nitrogen and oxygen atoms in total. The highest BCUT2D eigenvalue weighted by atomic mass is 19.1. The molecule has 1 aliphatic carbocycles. The van der Waals surface area contributed by atoms with Crippen molar-refractivity contribution < 1.29 is 14.0 Å². The highest BCUT2D eigenvalue weighted by Crippen LogP contribution is 2.26. The number of carbonyl (C=O) groups excluding carboxylic acids is 2. The van der Waals surface area contributed by atoms with Gasteiger partial charge in [-0.25, -0.2) is 4.39 Å². The van der Waals surface area contributed by atoms with Gasteiger partial charge in [-0.2, -0.15) is 0 Å². The largest absolute Gasteiger partial charge is 0.349 e. The van der Waals surface area contributed by atoms with Crippen molar-refractivity contribution in [1.82, 2.24) is 10.2 Å². The first-order valence-corrected chi connectivity index (χ1v) is 8.99. The van der Waals surface area contributed by atoms with Crippen LogP contribution in [-0.4, -0.2) is 35.8 Å². The summed E-state index contributed by atoms with van der Waals surface area (Å²) in [4.78, 5) is 26.7. The first-order valence-electron chi connectivity index (χ1n) is 8.99. The van der Waals surface area contributed by atoms with Crippen LogP contribution in [0.2, 0.25) is 0 Å². The van der Waals surface area contributed by atoms with Crippen LogP contribution >= 0.6 is 0 Å². The maximum Gasteiger partial charge on any atom is 0.251 e. The number of hydrogen-bond donors (Lipinski definition) is 1. The normalized spacial score (nSPS) is 20.0. The summed E-state index contributed by atoms with van der Waals surface area (Å²) >= 11 is 0. The summed E-state index contributed by atoms with van der Waals surface area (Å²) in [5.41, 5.74) is 0.470. The number of amides is 2. The molecule has 5 heteroatoms. The van der Waals surface area contributed by atoms with Crippen LogP contribution in [0.4, 0.5) is 4.39 Å². The van der Waals surface area contributed by atoms with E-state index in [0.29, 0.717) is 24.6 Å². The number of hydrogen-bond acceptors (Lipinski definition) is 2. The molecule has 0 spiro atoms. The highest BCUT2D eigenvalue weighted by molar-refractivity contribution is 5.94. The molecule has 0 aromatic heterocycles. The van der Waals surface area contributed by atoms with E-state index in [9.17, 15) is 14.0 Å². The number of benzene rings is 1. The third-order valence-corrected chi connectivity index (χ3v) is 5.20. The van der Waals surface area contributed by atoms with E-state index in [1.807, 2.05) is 4.90 Å². The van der Waals surface area contributed by atoms with Gasteiger partial charge in [0.15, 0.2) is 0 Å². The lowest BCUT2D eigenvalue weighted by Crippen LogP contribution is -2.48. The van der Waals surface area contributed by atoms with Gasteiger partial charge < -0.3 is 10.2 Å². The Kier molecular flexibility index (Phi) is 5.48. The lowest BCUT2D eigenvalue weighted by Gasteiger charge is -2.35. The van der Waals surface area contributed by atoms with Crippen LogP contribution in [0.5, 0.6) is 0 Å². The Balaban J connectivity index is 1.47. The zero-order chi connectivity index (χ0) is 16.9. The van der Waals surface area contributed by atoms with Gasteiger partial charge in [-0.3, -0.25) is 9.59 Å². The quantitative estimate of drug-likeness (QED) is 0.924. The summed E-state index contributed by atoms with van der Waals surface area (Å²) in [5, 5.41) is 2.99. The molecule has 1 N–H and O–H groups in total. The smallest absolute Gasteiger partial charge is 0.251 e. The molecule has 1 aromatic carbocycles. The number of nitrogens with zero attached hydrogens (tertiary/aromatic N) is 1. The molecule has 1 saturated carbocycles. The van der Waals surface area contributed by atoms with Crippen molar-refractivity contribution >= 4 is 11.8 Å². The molecular formula is C19H25FN2O2. The molecule has 0 bridgehead atoms. The maximum absolute atomic E-state index is 12.9. The first kappa shape index (κ1) is 16.9. The summed E-state index contributed by atoms with van der Waals surface area (Å²) in [5.74, 6) is -0.00439. The van der Waals surface area contributed by atoms with Crippen molar-refractivity contribution in [2.24, 2.45) is 5.92 Å². The van der Waals surface area contributed by atoms with Crippen LogP contribution in [0.1, 0.15) is 55.3 Å². The maximum atomic E-state index is 12.9. The fraction of sp³-hybridized carbons (Fsp3) is 0.579. The zero-order valence-electron chi connectivity index (χ0n) is 14.0. The standard InChI is InChI=1S/C19H25FN2O2/c20-16-8-6-14(7-9-16)18(23)21-17-10-12-22(13-11-17)19(24)15-4-2-1-3-5-15/h6-9,15,17H,1-5,10-13H2,(H,21,23). The molecule has 2 fully saturated rings. The number of piperidine rings is 1. The van der Waals surface area contributed by atoms with Crippen molar-refractivity contribution in [3.05, 3.63) is 35.6 Å². The number of halogens is 1. The summed E-state index contributed by atoms with van der Waals surface area (Å²) in [6.07, 6.45) is 7.21. The second kappa shape index (κ2) is 7.77. The molecule has 130 valence electrons. The molecule has 0 unspecified atom stereocenters. The van der Waals surface area contributed by atoms with Crippen molar-refractivity contribution in [2.75, 3.05) is 13.1 Å². The average Bonchev–Trinajstić information content (AvgIpc) is 2.63. The van der Waals surface area contributed by atoms with Crippen LogP contribution < -0.4 is 5.32 Å². The van der Waals surface area contributed by atoms with Gasteiger partial charge in [-0.15, -0.1) is 0 Å². The molecule has 1 aromatic rings. The van der Waals surface area contributed by atoms with Crippen molar-refractivity contribution in [3.63, 3.8) is 0 Å². The van der Waals surface area contributed by atoms with E-state index in [4.69, 9.17) is 0 Å². The lowest BCUT2D eigenvalue weighted by atomic mass is 9.87. The number of likely N-dealkylation sites (tertiary alicyclic amines) is 1. The van der Waals surface area contributed by atoms with Crippen LogP contribution in [0, 0.1) is 11.7 Å². The molecule has 0 atom stereocenters. The van der Waals surface area contributed by atoms with Crippen molar-refractivity contribution in [1.29, 1.82) is 0 Å². The van der Waals surface area contributed by atoms with Crippen molar-refractivity contribution in [2.45, 2.75) is 51.0 Å². The molecule has 24 heavy (non-hydrogen) atoms. The first-order chi connectivity index (χ1) is 11.6. The predicted octanol–water partition coefficient (Wildman–Crippen LogP) is 3.13. The Labute approximate surface area is 142 Å². The fourth-order valence-electron chi connectivity index (χ4n) is 3.72. The van der Waals surface area contributed by atoms with Gasteiger partial charge in [-0.05, 0) is 49.9 Å². The minimum atomic E-state index is -0.346. The Morgan fingerprint density at radius 1 is 0.958 bits per heavy atom. The van der Waals surface area contributed by atoms with Gasteiger partial charge in [0.05, 0.1) is 0 Å². The monoisotopic (exact) mass is 332 g/mol. The van der Waals surface area contributed by atoms with Gasteiger partial charge in [0.2, 0.25) is 5.91 Å². The van der Waals surface area contributed by atoms with Crippen molar-refractivity contribution in [3.8, 4) is 0 Å². The second-order valence-corrected chi connectivity index (χ2v) is 6.91. The van der Waals surface area contributed by atoms with E-state index in [1.165, 1.54) is 43.5 Å². The Hall–Kier alpha value is -1.91. The summed E-state index contributed by atoms with van der Waals surface area (Å²) in [7, 11) is 0. The summed E-state index contributed by atoms with van der Waals surface area (Å²) in [6.45, 7) is 1.42. The van der Waals surface area contributed by atoms with Crippen LogP contribution in [0.3, 0.4) is 0 Å². The average molecular weight is 332 g/mol. The second-order valence-electron chi connectivity index (χ2n) is 6.91. The summed E-state index contributed by atoms with van der Waals surface area (Å²) in [6, 6.07) is 5.65. The Bertz CT molecular complexity index is 574. The minimum absolute atomic E-state index is 0.0814. The minimum Gasteiger partial charge on any atom is -0.349 e. The van der Waals surface area contributed by atoms with Crippen LogP contribution in [0.25, 0.3) is 0 Å². The van der Waals surface area contributed by atoms with Gasteiger partial charge in [0, 0.05) is 30.6 Å². The van der Waals surface area contributed by atoms with E-state index in [-0.39, 0.29) is 23.7 Å². The topological polar surface area (TPSA) is 49.4 Å². The van der Waals surface area contributed by atoms with E-state index in [1.54, 1.807) is 0 Å². The fourth-order valence-corrected chi connectivity index (χ4v) is 3.72. The van der Waals surface area contributed by atoms with Gasteiger partial charge >= 0.3 is 0 Å². The molecule has 2 amide bonds. The highest BCUT2D eigenvalue weighted by Gasteiger charge is 2.29. The number of carbonyl (C=O) groups is 2. The Morgan fingerprint density at radius 3 is 2.21 bits per heavy atom. The molecule has 1 aliphatic heterocycles. The number of nitrogens with one attached hydrogen (secondary N) is 1. The molecule has 0 radical (unpaired) electrons. The molecule has 2 aliphatic rings. The van der Waals surface area contributed by atoms with Gasteiger partial charge in [-0.1, -0.05) is 19.3 Å². The number of rotatable bonds is 3. The van der Waals surface area contributed by atoms with E-state index >= 15 is 0 Å². The SMILES string of the molecule is O=C(NC1CCN(C(=O)C2CCCCC2)CC1)c1ccc(F)cc1.